The van der Waals surface area contributed by atoms with E-state index >= 15 is 0 Å². The standard InChI is InChI=1S/C22H21N3OS2/c1-15-6-5-8-17(12-15)21-23-18(14-28-21)13-20(26)25-10-11-27-22(25)24-19-9-4-3-7-16(19)2/h3-9,12,14H,10-11,13H2,1-2H3. The molecule has 0 bridgehead atoms. The van der Waals surface area contributed by atoms with Gasteiger partial charge in [0.05, 0.1) is 17.8 Å². The van der Waals surface area contributed by atoms with Gasteiger partial charge in [0.15, 0.2) is 5.17 Å². The molecule has 1 amide bonds. The molecule has 142 valence electrons. The van der Waals surface area contributed by atoms with Gasteiger partial charge in [0.2, 0.25) is 5.91 Å². The Kier molecular flexibility index (Phi) is 5.59. The third-order valence-corrected chi connectivity index (χ3v) is 6.46. The van der Waals surface area contributed by atoms with Crippen LogP contribution < -0.4 is 0 Å². The van der Waals surface area contributed by atoms with Crippen molar-refractivity contribution >= 4 is 39.9 Å². The lowest BCUT2D eigenvalue weighted by molar-refractivity contribution is -0.126. The monoisotopic (exact) mass is 407 g/mol. The number of nitrogens with zero attached hydrogens (tertiary/aromatic N) is 3. The van der Waals surface area contributed by atoms with Gasteiger partial charge in [-0.3, -0.25) is 9.69 Å². The van der Waals surface area contributed by atoms with E-state index in [1.54, 1.807) is 28.0 Å². The van der Waals surface area contributed by atoms with Crippen LogP contribution in [-0.4, -0.2) is 33.3 Å². The van der Waals surface area contributed by atoms with Crippen LogP contribution in [0.15, 0.2) is 58.9 Å². The molecule has 0 unspecified atom stereocenters. The average Bonchev–Trinajstić information content (AvgIpc) is 3.33. The van der Waals surface area contributed by atoms with Crippen LogP contribution in [-0.2, 0) is 11.2 Å². The van der Waals surface area contributed by atoms with E-state index in [0.29, 0.717) is 13.0 Å². The first-order chi connectivity index (χ1) is 13.6. The molecule has 6 heteroatoms. The molecule has 0 radical (unpaired) electrons. The number of aryl methyl sites for hydroxylation is 2. The van der Waals surface area contributed by atoms with Gasteiger partial charge in [-0.05, 0) is 31.5 Å². The molecule has 4 rings (SSSR count). The van der Waals surface area contributed by atoms with Gasteiger partial charge in [-0.15, -0.1) is 11.3 Å². The van der Waals surface area contributed by atoms with E-state index in [4.69, 9.17) is 4.99 Å². The Morgan fingerprint density at radius 1 is 1.18 bits per heavy atom. The molecule has 0 saturated carbocycles. The average molecular weight is 408 g/mol. The Balaban J connectivity index is 1.50. The van der Waals surface area contributed by atoms with Crippen LogP contribution in [0, 0.1) is 13.8 Å². The van der Waals surface area contributed by atoms with E-state index in [1.165, 1.54) is 5.56 Å². The molecule has 1 fully saturated rings. The summed E-state index contributed by atoms with van der Waals surface area (Å²) in [6, 6.07) is 16.3. The summed E-state index contributed by atoms with van der Waals surface area (Å²) < 4.78 is 0. The number of amidine groups is 1. The number of aromatic nitrogens is 1. The Morgan fingerprint density at radius 2 is 2.04 bits per heavy atom. The molecular weight excluding hydrogens is 386 g/mol. The van der Waals surface area contributed by atoms with Crippen molar-refractivity contribution in [1.82, 2.24) is 9.88 Å². The molecule has 4 nitrogen and oxygen atoms in total. The lowest BCUT2D eigenvalue weighted by Gasteiger charge is -2.15. The molecule has 1 aliphatic heterocycles. The van der Waals surface area contributed by atoms with E-state index in [0.717, 1.165) is 38.4 Å². The van der Waals surface area contributed by atoms with Crippen LogP contribution in [0.2, 0.25) is 0 Å². The summed E-state index contributed by atoms with van der Waals surface area (Å²) in [6.07, 6.45) is 0.301. The number of rotatable bonds is 4. The molecule has 28 heavy (non-hydrogen) atoms. The highest BCUT2D eigenvalue weighted by Crippen LogP contribution is 2.27. The number of carbonyl (C=O) groups is 1. The lowest BCUT2D eigenvalue weighted by Crippen LogP contribution is -2.33. The van der Waals surface area contributed by atoms with Gasteiger partial charge in [-0.2, -0.15) is 0 Å². The third-order valence-electron chi connectivity index (χ3n) is 4.56. The first-order valence-corrected chi connectivity index (χ1v) is 11.1. The zero-order valence-corrected chi connectivity index (χ0v) is 17.5. The Bertz CT molecular complexity index is 1040. The fourth-order valence-electron chi connectivity index (χ4n) is 3.07. The highest BCUT2D eigenvalue weighted by molar-refractivity contribution is 8.14. The molecule has 0 aliphatic carbocycles. The fourth-order valence-corrected chi connectivity index (χ4v) is 4.85. The summed E-state index contributed by atoms with van der Waals surface area (Å²) in [5, 5.41) is 3.72. The second kappa shape index (κ2) is 8.29. The number of thioether (sulfide) groups is 1. The quantitative estimate of drug-likeness (QED) is 0.595. The van der Waals surface area contributed by atoms with E-state index in [9.17, 15) is 4.79 Å². The molecule has 1 saturated heterocycles. The van der Waals surface area contributed by atoms with Crippen LogP contribution in [0.3, 0.4) is 0 Å². The van der Waals surface area contributed by atoms with Crippen molar-refractivity contribution in [3.8, 4) is 10.6 Å². The predicted molar refractivity (Wildman–Crippen MR) is 118 cm³/mol. The lowest BCUT2D eigenvalue weighted by atomic mass is 10.1. The largest absolute Gasteiger partial charge is 0.290 e. The minimum Gasteiger partial charge on any atom is -0.290 e. The number of benzene rings is 2. The zero-order chi connectivity index (χ0) is 19.5. The molecule has 1 aliphatic rings. The highest BCUT2D eigenvalue weighted by Gasteiger charge is 2.26. The zero-order valence-electron chi connectivity index (χ0n) is 15.9. The van der Waals surface area contributed by atoms with E-state index in [2.05, 4.69) is 30.1 Å². The molecular formula is C22H21N3OS2. The van der Waals surface area contributed by atoms with Crippen molar-refractivity contribution in [2.24, 2.45) is 4.99 Å². The second-order valence-corrected chi connectivity index (χ2v) is 8.69. The molecule has 0 atom stereocenters. The summed E-state index contributed by atoms with van der Waals surface area (Å²) in [5.74, 6) is 0.931. The summed E-state index contributed by atoms with van der Waals surface area (Å²) in [6.45, 7) is 4.80. The van der Waals surface area contributed by atoms with E-state index < -0.39 is 0 Å². The van der Waals surface area contributed by atoms with Crippen molar-refractivity contribution in [2.75, 3.05) is 12.3 Å². The van der Waals surface area contributed by atoms with Crippen molar-refractivity contribution in [3.05, 3.63) is 70.7 Å². The predicted octanol–water partition coefficient (Wildman–Crippen LogP) is 5.23. The summed E-state index contributed by atoms with van der Waals surface area (Å²) in [4.78, 5) is 24.1. The van der Waals surface area contributed by atoms with Crippen molar-refractivity contribution in [2.45, 2.75) is 20.3 Å². The van der Waals surface area contributed by atoms with Crippen LogP contribution in [0.5, 0.6) is 0 Å². The summed E-state index contributed by atoms with van der Waals surface area (Å²) in [5.41, 5.74) is 5.15. The van der Waals surface area contributed by atoms with Gasteiger partial charge in [-0.25, -0.2) is 9.98 Å². The van der Waals surface area contributed by atoms with Crippen LogP contribution in [0.1, 0.15) is 16.8 Å². The second-order valence-electron chi connectivity index (χ2n) is 6.76. The number of hydrogen-bond acceptors (Lipinski definition) is 5. The summed E-state index contributed by atoms with van der Waals surface area (Å²) in [7, 11) is 0. The Hall–Kier alpha value is -2.44. The number of thiazole rings is 1. The first-order valence-electron chi connectivity index (χ1n) is 9.19. The van der Waals surface area contributed by atoms with Crippen molar-refractivity contribution in [3.63, 3.8) is 0 Å². The normalized spacial score (nSPS) is 15.4. The maximum absolute atomic E-state index is 12.9. The number of hydrogen-bond donors (Lipinski definition) is 0. The third kappa shape index (κ3) is 4.18. The topological polar surface area (TPSA) is 45.6 Å². The minimum absolute atomic E-state index is 0.0541. The molecule has 2 heterocycles. The van der Waals surface area contributed by atoms with Crippen LogP contribution in [0.4, 0.5) is 5.69 Å². The number of amides is 1. The van der Waals surface area contributed by atoms with E-state index in [1.807, 2.05) is 42.6 Å². The first kappa shape index (κ1) is 18.9. The molecule has 1 aromatic heterocycles. The summed E-state index contributed by atoms with van der Waals surface area (Å²) >= 11 is 3.22. The van der Waals surface area contributed by atoms with Gasteiger partial charge in [-0.1, -0.05) is 53.7 Å². The number of para-hydroxylation sites is 1. The van der Waals surface area contributed by atoms with Gasteiger partial charge in [0, 0.05) is 23.2 Å². The number of aliphatic imine (C=N–C) groups is 1. The van der Waals surface area contributed by atoms with Gasteiger partial charge >= 0.3 is 0 Å². The smallest absolute Gasteiger partial charge is 0.234 e. The SMILES string of the molecule is Cc1cccc(-c2nc(CC(=O)N3CCSC3=Nc3ccccc3C)cs2)c1. The van der Waals surface area contributed by atoms with E-state index in [-0.39, 0.29) is 5.91 Å². The molecule has 3 aromatic rings. The molecule has 2 aromatic carbocycles. The van der Waals surface area contributed by atoms with Crippen LogP contribution >= 0.6 is 23.1 Å². The van der Waals surface area contributed by atoms with Crippen molar-refractivity contribution < 1.29 is 4.79 Å². The molecule has 0 N–H and O–H groups in total. The maximum atomic E-state index is 12.9. The number of carbonyl (C=O) groups excluding carboxylic acids is 1. The fraction of sp³-hybridized carbons (Fsp3) is 0.227. The van der Waals surface area contributed by atoms with Gasteiger partial charge in [0.25, 0.3) is 0 Å². The van der Waals surface area contributed by atoms with Gasteiger partial charge < -0.3 is 0 Å². The maximum Gasteiger partial charge on any atom is 0.234 e. The molecule has 0 spiro atoms. The van der Waals surface area contributed by atoms with Crippen molar-refractivity contribution in [1.29, 1.82) is 0 Å². The van der Waals surface area contributed by atoms with Gasteiger partial charge in [0.1, 0.15) is 5.01 Å². The highest BCUT2D eigenvalue weighted by atomic mass is 32.2. The van der Waals surface area contributed by atoms with Crippen LogP contribution in [0.25, 0.3) is 10.6 Å². The minimum atomic E-state index is 0.0541. The Labute approximate surface area is 173 Å². The Morgan fingerprint density at radius 3 is 2.86 bits per heavy atom.